The first kappa shape index (κ1) is 24.8. The van der Waals surface area contributed by atoms with E-state index in [4.69, 9.17) is 9.47 Å². The van der Waals surface area contributed by atoms with Crippen molar-refractivity contribution in [2.24, 2.45) is 0 Å². The Morgan fingerprint density at radius 2 is 1.81 bits per heavy atom. The summed E-state index contributed by atoms with van der Waals surface area (Å²) in [6.45, 7) is 7.86. The van der Waals surface area contributed by atoms with Gasteiger partial charge in [0.05, 0.1) is 30.1 Å². The van der Waals surface area contributed by atoms with Crippen molar-refractivity contribution in [1.29, 1.82) is 0 Å². The van der Waals surface area contributed by atoms with E-state index in [0.29, 0.717) is 11.4 Å². The molecule has 0 unspecified atom stereocenters. The molecule has 0 atom stereocenters. The lowest BCUT2D eigenvalue weighted by Gasteiger charge is -2.19. The van der Waals surface area contributed by atoms with Gasteiger partial charge in [0.25, 0.3) is 0 Å². The molecule has 1 N–H and O–H groups in total. The maximum Gasteiger partial charge on any atom is 0.407 e. The molecular formula is C27H29N5O4. The number of benzene rings is 1. The second-order valence-electron chi connectivity index (χ2n) is 9.13. The Balaban J connectivity index is 1.59. The number of ether oxygens (including phenoxy) is 2. The summed E-state index contributed by atoms with van der Waals surface area (Å²) in [5.41, 5.74) is 3.61. The van der Waals surface area contributed by atoms with Crippen LogP contribution in [0.2, 0.25) is 0 Å². The van der Waals surface area contributed by atoms with E-state index in [-0.39, 0.29) is 19.7 Å². The molecule has 1 amide bonds. The van der Waals surface area contributed by atoms with Crippen LogP contribution in [-0.2, 0) is 16.0 Å². The van der Waals surface area contributed by atoms with E-state index in [9.17, 15) is 9.59 Å². The van der Waals surface area contributed by atoms with Gasteiger partial charge in [0, 0.05) is 35.5 Å². The van der Waals surface area contributed by atoms with E-state index in [2.05, 4.69) is 20.4 Å². The zero-order valence-electron chi connectivity index (χ0n) is 20.8. The van der Waals surface area contributed by atoms with Crippen LogP contribution in [0.5, 0.6) is 0 Å². The SMILES string of the molecule is CCOC(=O)c1cc(-c2ccnc(-c3cnc4ccccc4c3)c2)nn1CCNC(=O)OC(C)(C)C. The van der Waals surface area contributed by atoms with Gasteiger partial charge in [-0.25, -0.2) is 9.59 Å². The highest BCUT2D eigenvalue weighted by Gasteiger charge is 2.19. The van der Waals surface area contributed by atoms with Gasteiger partial charge in [0.2, 0.25) is 0 Å². The Morgan fingerprint density at radius 1 is 1.00 bits per heavy atom. The normalized spacial score (nSPS) is 11.3. The number of pyridine rings is 2. The largest absolute Gasteiger partial charge is 0.461 e. The standard InChI is InChI=1S/C27H29N5O4/c1-5-35-25(33)24-16-23(31-32(24)13-12-29-26(34)36-27(2,3)4)19-10-11-28-22(15-19)20-14-18-8-6-7-9-21(18)30-17-20/h6-11,14-17H,5,12-13H2,1-4H3,(H,29,34). The van der Waals surface area contributed by atoms with Crippen molar-refractivity contribution in [3.63, 3.8) is 0 Å². The zero-order chi connectivity index (χ0) is 25.7. The number of rotatable bonds is 7. The summed E-state index contributed by atoms with van der Waals surface area (Å²) >= 11 is 0. The third kappa shape index (κ3) is 6.04. The number of alkyl carbamates (subject to hydrolysis) is 1. The molecule has 0 fully saturated rings. The molecule has 0 saturated heterocycles. The lowest BCUT2D eigenvalue weighted by molar-refractivity contribution is 0.0512. The monoisotopic (exact) mass is 487 g/mol. The fourth-order valence-electron chi connectivity index (χ4n) is 3.63. The summed E-state index contributed by atoms with van der Waals surface area (Å²) in [7, 11) is 0. The van der Waals surface area contributed by atoms with E-state index in [0.717, 1.165) is 27.7 Å². The Hall–Kier alpha value is -4.27. The topological polar surface area (TPSA) is 108 Å². The van der Waals surface area contributed by atoms with Crippen LogP contribution in [0.25, 0.3) is 33.4 Å². The number of hydrogen-bond donors (Lipinski definition) is 1. The Labute approximate surface area is 209 Å². The molecule has 36 heavy (non-hydrogen) atoms. The van der Waals surface area contributed by atoms with Crippen molar-refractivity contribution in [3.05, 3.63) is 66.6 Å². The molecular weight excluding hydrogens is 458 g/mol. The van der Waals surface area contributed by atoms with E-state index in [1.165, 1.54) is 4.68 Å². The average Bonchev–Trinajstić information content (AvgIpc) is 3.27. The van der Waals surface area contributed by atoms with Crippen LogP contribution in [-0.4, -0.2) is 50.6 Å². The number of carbonyl (C=O) groups is 2. The number of fused-ring (bicyclic) bond motifs is 1. The second-order valence-corrected chi connectivity index (χ2v) is 9.13. The minimum Gasteiger partial charge on any atom is -0.461 e. The van der Waals surface area contributed by atoms with Crippen molar-refractivity contribution in [2.45, 2.75) is 39.8 Å². The molecule has 0 bridgehead atoms. The van der Waals surface area contributed by atoms with Gasteiger partial charge >= 0.3 is 12.1 Å². The first-order valence-electron chi connectivity index (χ1n) is 11.8. The maximum atomic E-state index is 12.6. The lowest BCUT2D eigenvalue weighted by Crippen LogP contribution is -2.34. The molecule has 9 nitrogen and oxygen atoms in total. The van der Waals surface area contributed by atoms with Crippen molar-refractivity contribution in [3.8, 4) is 22.5 Å². The smallest absolute Gasteiger partial charge is 0.407 e. The minimum absolute atomic E-state index is 0.229. The molecule has 1 aromatic carbocycles. The number of hydrogen-bond acceptors (Lipinski definition) is 7. The van der Waals surface area contributed by atoms with Gasteiger partial charge in [-0.05, 0) is 58.0 Å². The predicted molar refractivity (Wildman–Crippen MR) is 136 cm³/mol. The summed E-state index contributed by atoms with van der Waals surface area (Å²) in [6, 6.07) is 15.4. The molecule has 0 spiro atoms. The van der Waals surface area contributed by atoms with Crippen LogP contribution in [0.15, 0.2) is 60.9 Å². The number of amides is 1. The van der Waals surface area contributed by atoms with Gasteiger partial charge < -0.3 is 14.8 Å². The summed E-state index contributed by atoms with van der Waals surface area (Å²) in [6.07, 6.45) is 2.96. The van der Waals surface area contributed by atoms with Crippen molar-refractivity contribution in [1.82, 2.24) is 25.1 Å². The number of carbonyl (C=O) groups excluding carboxylic acids is 2. The zero-order valence-corrected chi connectivity index (χ0v) is 20.8. The number of para-hydroxylation sites is 1. The van der Waals surface area contributed by atoms with E-state index < -0.39 is 17.7 Å². The molecule has 0 radical (unpaired) electrons. The minimum atomic E-state index is -0.599. The lowest BCUT2D eigenvalue weighted by atomic mass is 10.1. The fraction of sp³-hybridized carbons (Fsp3) is 0.296. The molecule has 0 aliphatic carbocycles. The summed E-state index contributed by atoms with van der Waals surface area (Å²) < 4.78 is 12.0. The fourth-order valence-corrected chi connectivity index (χ4v) is 3.63. The molecule has 9 heteroatoms. The molecule has 3 aromatic heterocycles. The number of nitrogens with one attached hydrogen (secondary N) is 1. The predicted octanol–water partition coefficient (Wildman–Crippen LogP) is 4.86. The Bertz CT molecular complexity index is 1390. The van der Waals surface area contributed by atoms with Crippen LogP contribution in [0.4, 0.5) is 4.79 Å². The quantitative estimate of drug-likeness (QED) is 0.371. The van der Waals surface area contributed by atoms with Gasteiger partial charge in [-0.2, -0.15) is 5.10 Å². The molecule has 0 saturated carbocycles. The molecule has 4 aromatic rings. The van der Waals surface area contributed by atoms with E-state index in [1.54, 1.807) is 46.2 Å². The summed E-state index contributed by atoms with van der Waals surface area (Å²) in [4.78, 5) is 33.6. The van der Waals surface area contributed by atoms with Gasteiger partial charge in [-0.3, -0.25) is 14.6 Å². The van der Waals surface area contributed by atoms with Crippen LogP contribution in [0, 0.1) is 0 Å². The maximum absolute atomic E-state index is 12.6. The Kier molecular flexibility index (Phi) is 7.28. The number of aromatic nitrogens is 4. The number of esters is 1. The number of nitrogens with zero attached hydrogens (tertiary/aromatic N) is 4. The van der Waals surface area contributed by atoms with Gasteiger partial charge in [-0.15, -0.1) is 0 Å². The van der Waals surface area contributed by atoms with E-state index in [1.807, 2.05) is 42.5 Å². The van der Waals surface area contributed by atoms with Crippen molar-refractivity contribution >= 4 is 23.0 Å². The second kappa shape index (κ2) is 10.6. The first-order chi connectivity index (χ1) is 17.2. The summed E-state index contributed by atoms with van der Waals surface area (Å²) in [5, 5.41) is 8.33. The van der Waals surface area contributed by atoms with Crippen LogP contribution in [0.3, 0.4) is 0 Å². The van der Waals surface area contributed by atoms with Gasteiger partial charge in [-0.1, -0.05) is 18.2 Å². The van der Waals surface area contributed by atoms with Crippen LogP contribution < -0.4 is 5.32 Å². The van der Waals surface area contributed by atoms with Crippen LogP contribution >= 0.6 is 0 Å². The highest BCUT2D eigenvalue weighted by Crippen LogP contribution is 2.26. The van der Waals surface area contributed by atoms with Crippen molar-refractivity contribution < 1.29 is 19.1 Å². The third-order valence-corrected chi connectivity index (χ3v) is 5.20. The molecule has 0 aliphatic rings. The van der Waals surface area contributed by atoms with Gasteiger partial charge in [0.15, 0.2) is 0 Å². The van der Waals surface area contributed by atoms with E-state index >= 15 is 0 Å². The molecule has 186 valence electrons. The highest BCUT2D eigenvalue weighted by molar-refractivity contribution is 5.89. The first-order valence-corrected chi connectivity index (χ1v) is 11.8. The summed E-state index contributed by atoms with van der Waals surface area (Å²) in [5.74, 6) is -0.485. The third-order valence-electron chi connectivity index (χ3n) is 5.20. The van der Waals surface area contributed by atoms with Gasteiger partial charge in [0.1, 0.15) is 11.3 Å². The Morgan fingerprint density at radius 3 is 2.58 bits per heavy atom. The molecule has 0 aliphatic heterocycles. The average molecular weight is 488 g/mol. The molecule has 4 rings (SSSR count). The highest BCUT2D eigenvalue weighted by atomic mass is 16.6. The van der Waals surface area contributed by atoms with Crippen LogP contribution in [0.1, 0.15) is 38.2 Å². The molecule has 3 heterocycles. The van der Waals surface area contributed by atoms with Crippen molar-refractivity contribution in [2.75, 3.05) is 13.2 Å².